The molecule has 0 saturated carbocycles. The molecule has 0 radical (unpaired) electrons. The zero-order valence-electron chi connectivity index (χ0n) is 13.1. The molecule has 0 aromatic heterocycles. The molecular formula is C19H24O. The van der Waals surface area contributed by atoms with Crippen LogP contribution < -0.4 is 0 Å². The first-order chi connectivity index (χ1) is 9.41. The van der Waals surface area contributed by atoms with Crippen LogP contribution in [0.2, 0.25) is 0 Å². The van der Waals surface area contributed by atoms with Gasteiger partial charge in [-0.25, -0.2) is 0 Å². The fraction of sp³-hybridized carbons (Fsp3) is 0.368. The molecular weight excluding hydrogens is 244 g/mol. The van der Waals surface area contributed by atoms with Crippen LogP contribution in [0.25, 0.3) is 11.1 Å². The first kappa shape index (κ1) is 14.6. The number of benzene rings is 2. The van der Waals surface area contributed by atoms with Gasteiger partial charge in [-0.2, -0.15) is 0 Å². The molecule has 20 heavy (non-hydrogen) atoms. The van der Waals surface area contributed by atoms with Crippen molar-refractivity contribution in [1.82, 2.24) is 0 Å². The Kier molecular flexibility index (Phi) is 4.17. The normalized spacial score (nSPS) is 11.3. The third-order valence-electron chi connectivity index (χ3n) is 3.85. The molecule has 0 aliphatic heterocycles. The lowest BCUT2D eigenvalue weighted by Crippen LogP contribution is -2.01. The van der Waals surface area contributed by atoms with Crippen LogP contribution in [-0.4, -0.2) is 5.11 Å². The average molecular weight is 268 g/mol. The summed E-state index contributed by atoms with van der Waals surface area (Å²) in [5, 5.41) is 9.71. The summed E-state index contributed by atoms with van der Waals surface area (Å²) >= 11 is 0. The minimum atomic E-state index is 0.361. The van der Waals surface area contributed by atoms with Crippen molar-refractivity contribution in [2.45, 2.75) is 46.5 Å². The molecule has 0 aliphatic carbocycles. The Morgan fingerprint density at radius 3 is 2.15 bits per heavy atom. The van der Waals surface area contributed by atoms with Crippen molar-refractivity contribution in [3.05, 3.63) is 53.1 Å². The highest BCUT2D eigenvalue weighted by Gasteiger charge is 2.15. The Morgan fingerprint density at radius 2 is 1.60 bits per heavy atom. The van der Waals surface area contributed by atoms with Crippen LogP contribution in [0.1, 0.15) is 56.2 Å². The van der Waals surface area contributed by atoms with E-state index in [9.17, 15) is 5.11 Å². The van der Waals surface area contributed by atoms with Crippen LogP contribution >= 0.6 is 0 Å². The lowest BCUT2D eigenvalue weighted by Gasteiger charge is -2.20. The fourth-order valence-corrected chi connectivity index (χ4v) is 2.81. The van der Waals surface area contributed by atoms with Gasteiger partial charge in [-0.3, -0.25) is 0 Å². The van der Waals surface area contributed by atoms with E-state index in [-0.39, 0.29) is 0 Å². The molecule has 1 N–H and O–H groups in total. The summed E-state index contributed by atoms with van der Waals surface area (Å²) in [6.45, 7) is 10.9. The van der Waals surface area contributed by atoms with Crippen molar-refractivity contribution in [3.8, 4) is 16.9 Å². The summed E-state index contributed by atoms with van der Waals surface area (Å²) in [6.07, 6.45) is 0. The van der Waals surface area contributed by atoms with E-state index < -0.39 is 0 Å². The van der Waals surface area contributed by atoms with Gasteiger partial charge in [0, 0.05) is 0 Å². The molecule has 0 fully saturated rings. The number of phenols is 1. The highest BCUT2D eigenvalue weighted by Crippen LogP contribution is 2.36. The molecule has 0 saturated heterocycles. The zero-order valence-corrected chi connectivity index (χ0v) is 13.1. The lowest BCUT2D eigenvalue weighted by atomic mass is 9.84. The highest BCUT2D eigenvalue weighted by molar-refractivity contribution is 5.71. The second kappa shape index (κ2) is 5.70. The van der Waals surface area contributed by atoms with Crippen molar-refractivity contribution in [1.29, 1.82) is 0 Å². The van der Waals surface area contributed by atoms with Gasteiger partial charge in [0.05, 0.1) is 0 Å². The van der Waals surface area contributed by atoms with E-state index in [4.69, 9.17) is 0 Å². The number of phenolic OH excluding ortho intramolecular Hbond substituents is 1. The van der Waals surface area contributed by atoms with Gasteiger partial charge < -0.3 is 5.11 Å². The van der Waals surface area contributed by atoms with Crippen LogP contribution in [0.4, 0.5) is 0 Å². The molecule has 0 aliphatic rings. The van der Waals surface area contributed by atoms with E-state index in [0.29, 0.717) is 17.6 Å². The lowest BCUT2D eigenvalue weighted by molar-refractivity contribution is 0.471. The largest absolute Gasteiger partial charge is 0.508 e. The first-order valence-corrected chi connectivity index (χ1v) is 7.34. The molecule has 0 bridgehead atoms. The average Bonchev–Trinajstić information content (AvgIpc) is 2.40. The zero-order chi connectivity index (χ0) is 14.9. The van der Waals surface area contributed by atoms with Gasteiger partial charge in [0.1, 0.15) is 5.75 Å². The van der Waals surface area contributed by atoms with Crippen LogP contribution in [0, 0.1) is 6.92 Å². The number of hydrogen-bond donors (Lipinski definition) is 1. The van der Waals surface area contributed by atoms with Gasteiger partial charge in [-0.15, -0.1) is 0 Å². The third kappa shape index (κ3) is 2.72. The van der Waals surface area contributed by atoms with Crippen molar-refractivity contribution < 1.29 is 5.11 Å². The van der Waals surface area contributed by atoms with Crippen LogP contribution in [-0.2, 0) is 0 Å². The minimum absolute atomic E-state index is 0.361. The molecule has 2 rings (SSSR count). The molecule has 0 unspecified atom stereocenters. The molecule has 1 nitrogen and oxygen atoms in total. The Morgan fingerprint density at radius 1 is 0.900 bits per heavy atom. The number of rotatable bonds is 3. The van der Waals surface area contributed by atoms with Gasteiger partial charge in [-0.1, -0.05) is 52.0 Å². The standard InChI is InChI=1S/C19H24O/c1-12(2)16-7-6-8-17(19(16)13(3)4)15-9-10-18(20)14(5)11-15/h6-13,20H,1-5H3. The monoisotopic (exact) mass is 268 g/mol. The predicted molar refractivity (Wildman–Crippen MR) is 86.5 cm³/mol. The van der Waals surface area contributed by atoms with Crippen LogP contribution in [0.15, 0.2) is 36.4 Å². The van der Waals surface area contributed by atoms with Crippen LogP contribution in [0.3, 0.4) is 0 Å². The molecule has 106 valence electrons. The van der Waals surface area contributed by atoms with E-state index in [1.807, 2.05) is 13.0 Å². The molecule has 0 heterocycles. The van der Waals surface area contributed by atoms with Gasteiger partial charge in [0.2, 0.25) is 0 Å². The van der Waals surface area contributed by atoms with Crippen molar-refractivity contribution >= 4 is 0 Å². The van der Waals surface area contributed by atoms with Crippen molar-refractivity contribution in [2.75, 3.05) is 0 Å². The van der Waals surface area contributed by atoms with E-state index in [1.54, 1.807) is 6.07 Å². The molecule has 2 aromatic rings. The quantitative estimate of drug-likeness (QED) is 0.766. The summed E-state index contributed by atoms with van der Waals surface area (Å²) < 4.78 is 0. The van der Waals surface area contributed by atoms with Crippen molar-refractivity contribution in [2.24, 2.45) is 0 Å². The molecule has 0 atom stereocenters. The third-order valence-corrected chi connectivity index (χ3v) is 3.85. The Bertz CT molecular complexity index is 609. The van der Waals surface area contributed by atoms with E-state index >= 15 is 0 Å². The summed E-state index contributed by atoms with van der Waals surface area (Å²) in [5.41, 5.74) is 6.24. The number of aryl methyl sites for hydroxylation is 1. The summed E-state index contributed by atoms with van der Waals surface area (Å²) in [7, 11) is 0. The van der Waals surface area contributed by atoms with Crippen LogP contribution in [0.5, 0.6) is 5.75 Å². The van der Waals surface area contributed by atoms with Gasteiger partial charge in [0.25, 0.3) is 0 Å². The Hall–Kier alpha value is -1.76. The second-order valence-corrected chi connectivity index (χ2v) is 6.12. The topological polar surface area (TPSA) is 20.2 Å². The molecule has 2 aromatic carbocycles. The number of aromatic hydroxyl groups is 1. The number of hydrogen-bond acceptors (Lipinski definition) is 1. The Labute approximate surface area is 122 Å². The minimum Gasteiger partial charge on any atom is -0.508 e. The maximum absolute atomic E-state index is 9.71. The second-order valence-electron chi connectivity index (χ2n) is 6.12. The molecule has 0 amide bonds. The summed E-state index contributed by atoms with van der Waals surface area (Å²) in [4.78, 5) is 0. The first-order valence-electron chi connectivity index (χ1n) is 7.34. The SMILES string of the molecule is Cc1cc(-c2cccc(C(C)C)c2C(C)C)ccc1O. The molecule has 0 spiro atoms. The summed E-state index contributed by atoms with van der Waals surface area (Å²) in [6, 6.07) is 12.4. The van der Waals surface area contributed by atoms with Gasteiger partial charge in [-0.05, 0) is 58.7 Å². The Balaban J connectivity index is 2.67. The smallest absolute Gasteiger partial charge is 0.118 e. The van der Waals surface area contributed by atoms with Gasteiger partial charge >= 0.3 is 0 Å². The fourth-order valence-electron chi connectivity index (χ4n) is 2.81. The highest BCUT2D eigenvalue weighted by atomic mass is 16.3. The predicted octanol–water partition coefficient (Wildman–Crippen LogP) is 5.61. The van der Waals surface area contributed by atoms with Crippen molar-refractivity contribution in [3.63, 3.8) is 0 Å². The maximum Gasteiger partial charge on any atom is 0.118 e. The molecule has 1 heteroatoms. The van der Waals surface area contributed by atoms with E-state index in [2.05, 4.69) is 52.0 Å². The van der Waals surface area contributed by atoms with E-state index in [0.717, 1.165) is 5.56 Å². The maximum atomic E-state index is 9.71. The van der Waals surface area contributed by atoms with Gasteiger partial charge in [0.15, 0.2) is 0 Å². The van der Waals surface area contributed by atoms with E-state index in [1.165, 1.54) is 22.3 Å². The summed E-state index contributed by atoms with van der Waals surface area (Å²) in [5.74, 6) is 1.36.